The Morgan fingerprint density at radius 3 is 2.71 bits per heavy atom. The molecular weight excluding hydrogens is 251 g/mol. The molecule has 0 radical (unpaired) electrons. The van der Waals surface area contributed by atoms with Crippen LogP contribution in [0.1, 0.15) is 12.8 Å². The first-order valence-electron chi connectivity index (χ1n) is 5.13. The topological polar surface area (TPSA) is 20.3 Å². The summed E-state index contributed by atoms with van der Waals surface area (Å²) in [5.41, 5.74) is 0.386. The third-order valence-electron chi connectivity index (χ3n) is 3.12. The van der Waals surface area contributed by atoms with Gasteiger partial charge in [0.05, 0.1) is 5.69 Å². The second kappa shape index (κ2) is 3.19. The van der Waals surface area contributed by atoms with Crippen LogP contribution >= 0.6 is 11.8 Å². The lowest BCUT2D eigenvalue weighted by Gasteiger charge is -2.32. The van der Waals surface area contributed by atoms with Crippen molar-refractivity contribution in [2.24, 2.45) is 0 Å². The molecule has 90 valence electrons. The van der Waals surface area contributed by atoms with Gasteiger partial charge < -0.3 is 0 Å². The molecule has 1 atom stereocenters. The van der Waals surface area contributed by atoms with Crippen LogP contribution in [0, 0.1) is 0 Å². The molecule has 2 nitrogen and oxygen atoms in total. The van der Waals surface area contributed by atoms with Crippen molar-refractivity contribution in [3.8, 4) is 0 Å². The Hall–Kier alpha value is -1.17. The Kier molecular flexibility index (Phi) is 2.05. The number of thioether (sulfide) groups is 1. The second-order valence-corrected chi connectivity index (χ2v) is 5.40. The summed E-state index contributed by atoms with van der Waals surface area (Å²) in [6.07, 6.45) is -4.63. The van der Waals surface area contributed by atoms with Gasteiger partial charge in [0, 0.05) is 11.3 Å². The molecule has 3 rings (SSSR count). The number of para-hydroxylation sites is 1. The van der Waals surface area contributed by atoms with Crippen molar-refractivity contribution in [1.82, 2.24) is 0 Å². The number of carbonyl (C=O) groups excluding carboxylic acids is 1. The SMILES string of the molecule is O=C1CC[C@]2(C(F)(F)F)Sc3ccccc3N12. The maximum absolute atomic E-state index is 13.2. The average molecular weight is 259 g/mol. The molecule has 0 saturated carbocycles. The number of hydrogen-bond acceptors (Lipinski definition) is 2. The summed E-state index contributed by atoms with van der Waals surface area (Å²) in [6, 6.07) is 6.53. The molecule has 1 amide bonds. The maximum atomic E-state index is 13.2. The number of alkyl halides is 3. The largest absolute Gasteiger partial charge is 0.421 e. The van der Waals surface area contributed by atoms with E-state index in [2.05, 4.69) is 0 Å². The van der Waals surface area contributed by atoms with Crippen molar-refractivity contribution < 1.29 is 18.0 Å². The minimum atomic E-state index is -4.41. The van der Waals surface area contributed by atoms with Gasteiger partial charge in [-0.2, -0.15) is 13.2 Å². The molecule has 0 aromatic heterocycles. The first kappa shape index (κ1) is 11.0. The number of halogens is 3. The molecule has 0 N–H and O–H groups in total. The van der Waals surface area contributed by atoms with Crippen molar-refractivity contribution in [1.29, 1.82) is 0 Å². The van der Waals surface area contributed by atoms with Crippen LogP contribution in [0.25, 0.3) is 0 Å². The van der Waals surface area contributed by atoms with Crippen molar-refractivity contribution in [3.05, 3.63) is 24.3 Å². The second-order valence-electron chi connectivity index (χ2n) is 4.08. The smallest absolute Gasteiger partial charge is 0.287 e. The van der Waals surface area contributed by atoms with Gasteiger partial charge in [0.2, 0.25) is 5.91 Å². The Labute approximate surface area is 99.8 Å². The monoisotopic (exact) mass is 259 g/mol. The van der Waals surface area contributed by atoms with Crippen LogP contribution in [-0.4, -0.2) is 17.0 Å². The fraction of sp³-hybridized carbons (Fsp3) is 0.364. The average Bonchev–Trinajstić information content (AvgIpc) is 2.75. The Bertz CT molecular complexity index is 502. The summed E-state index contributed by atoms with van der Waals surface area (Å²) in [5, 5.41) is 0. The van der Waals surface area contributed by atoms with Gasteiger partial charge in [-0.15, -0.1) is 0 Å². The highest BCUT2D eigenvalue weighted by molar-refractivity contribution is 8.01. The third-order valence-corrected chi connectivity index (χ3v) is 4.64. The fourth-order valence-electron chi connectivity index (χ4n) is 2.36. The van der Waals surface area contributed by atoms with Crippen LogP contribution in [-0.2, 0) is 4.79 Å². The van der Waals surface area contributed by atoms with E-state index in [1.54, 1.807) is 24.3 Å². The van der Waals surface area contributed by atoms with Gasteiger partial charge in [0.1, 0.15) is 0 Å². The highest BCUT2D eigenvalue weighted by Gasteiger charge is 2.67. The van der Waals surface area contributed by atoms with Crippen molar-refractivity contribution in [3.63, 3.8) is 0 Å². The normalized spacial score (nSPS) is 27.2. The van der Waals surface area contributed by atoms with E-state index in [0.717, 1.165) is 16.7 Å². The number of amides is 1. The number of fused-ring (bicyclic) bond motifs is 3. The molecule has 0 bridgehead atoms. The molecule has 0 unspecified atom stereocenters. The molecule has 1 aromatic carbocycles. The number of anilines is 1. The maximum Gasteiger partial charge on any atom is 0.421 e. The molecule has 2 heterocycles. The van der Waals surface area contributed by atoms with Crippen LogP contribution in [0.15, 0.2) is 29.2 Å². The minimum Gasteiger partial charge on any atom is -0.287 e. The van der Waals surface area contributed by atoms with Crippen LogP contribution in [0.4, 0.5) is 18.9 Å². The summed E-state index contributed by atoms with van der Waals surface area (Å²) < 4.78 is 39.7. The number of rotatable bonds is 0. The van der Waals surface area contributed by atoms with Gasteiger partial charge in [-0.3, -0.25) is 9.69 Å². The highest BCUT2D eigenvalue weighted by Crippen LogP contribution is 2.61. The third kappa shape index (κ3) is 1.27. The van der Waals surface area contributed by atoms with E-state index in [4.69, 9.17) is 0 Å². The molecule has 2 aliphatic heterocycles. The Morgan fingerprint density at radius 2 is 2.00 bits per heavy atom. The number of hydrogen-bond donors (Lipinski definition) is 0. The van der Waals surface area contributed by atoms with E-state index in [0.29, 0.717) is 10.6 Å². The molecule has 1 saturated heterocycles. The molecule has 0 aliphatic carbocycles. The van der Waals surface area contributed by atoms with Crippen molar-refractivity contribution >= 4 is 23.4 Å². The van der Waals surface area contributed by atoms with Gasteiger partial charge in [-0.25, -0.2) is 0 Å². The lowest BCUT2D eigenvalue weighted by molar-refractivity contribution is -0.157. The van der Waals surface area contributed by atoms with E-state index >= 15 is 0 Å². The van der Waals surface area contributed by atoms with Gasteiger partial charge >= 0.3 is 6.18 Å². The lowest BCUT2D eigenvalue weighted by atomic mass is 10.2. The molecule has 17 heavy (non-hydrogen) atoms. The van der Waals surface area contributed by atoms with E-state index in [1.807, 2.05) is 0 Å². The summed E-state index contributed by atoms with van der Waals surface area (Å²) in [4.78, 5) is 11.1. The zero-order valence-electron chi connectivity index (χ0n) is 8.62. The quantitative estimate of drug-likeness (QED) is 0.713. The standard InChI is InChI=1S/C11H8F3NOS/c12-11(13,14)10-6-5-9(16)15(10)7-3-1-2-4-8(7)17-10/h1-4H,5-6H2/t10-/m1/s1. The predicted octanol–water partition coefficient (Wildman–Crippen LogP) is 3.18. The molecule has 1 fully saturated rings. The lowest BCUT2D eigenvalue weighted by Crippen LogP contribution is -2.51. The predicted molar refractivity (Wildman–Crippen MR) is 57.8 cm³/mol. The van der Waals surface area contributed by atoms with E-state index in [1.165, 1.54) is 0 Å². The van der Waals surface area contributed by atoms with Crippen LogP contribution in [0.2, 0.25) is 0 Å². The zero-order chi connectivity index (χ0) is 12.3. The van der Waals surface area contributed by atoms with Crippen molar-refractivity contribution in [2.45, 2.75) is 28.8 Å². The number of nitrogens with zero attached hydrogens (tertiary/aromatic N) is 1. The van der Waals surface area contributed by atoms with E-state index in [-0.39, 0.29) is 12.8 Å². The highest BCUT2D eigenvalue weighted by atomic mass is 32.2. The molecular formula is C11H8F3NOS. The van der Waals surface area contributed by atoms with Gasteiger partial charge in [0.25, 0.3) is 0 Å². The van der Waals surface area contributed by atoms with Crippen LogP contribution in [0.3, 0.4) is 0 Å². The van der Waals surface area contributed by atoms with Crippen LogP contribution in [0.5, 0.6) is 0 Å². The van der Waals surface area contributed by atoms with Gasteiger partial charge in [-0.1, -0.05) is 23.9 Å². The molecule has 6 heteroatoms. The van der Waals surface area contributed by atoms with E-state index < -0.39 is 17.0 Å². The van der Waals surface area contributed by atoms with E-state index in [9.17, 15) is 18.0 Å². The van der Waals surface area contributed by atoms with Gasteiger partial charge in [0.15, 0.2) is 4.87 Å². The van der Waals surface area contributed by atoms with Crippen molar-refractivity contribution in [2.75, 3.05) is 4.90 Å². The number of carbonyl (C=O) groups is 1. The summed E-state index contributed by atoms with van der Waals surface area (Å²) in [5.74, 6) is -0.445. The van der Waals surface area contributed by atoms with Gasteiger partial charge in [-0.05, 0) is 18.6 Å². The zero-order valence-corrected chi connectivity index (χ0v) is 9.44. The summed E-state index contributed by atoms with van der Waals surface area (Å²) >= 11 is 0.745. The fourth-order valence-corrected chi connectivity index (χ4v) is 3.75. The summed E-state index contributed by atoms with van der Waals surface area (Å²) in [7, 11) is 0. The summed E-state index contributed by atoms with van der Waals surface area (Å²) in [6.45, 7) is 0. The Morgan fingerprint density at radius 1 is 1.29 bits per heavy atom. The Balaban J connectivity index is 2.18. The molecule has 2 aliphatic rings. The molecule has 0 spiro atoms. The first-order chi connectivity index (χ1) is 7.96. The molecule has 1 aromatic rings. The van der Waals surface area contributed by atoms with Crippen LogP contribution < -0.4 is 4.90 Å². The minimum absolute atomic E-state index is 0.0408. The number of benzene rings is 1. The first-order valence-corrected chi connectivity index (χ1v) is 5.95.